The Labute approximate surface area is 162 Å². The smallest absolute Gasteiger partial charge is 0.326 e. The number of H-pyrrole nitrogens is 1. The summed E-state index contributed by atoms with van der Waals surface area (Å²) in [6.07, 6.45) is 0. The molecule has 0 amide bonds. The number of ether oxygens (including phenoxy) is 2. The molecular weight excluding hydrogens is 354 g/mol. The van der Waals surface area contributed by atoms with Crippen LogP contribution in [0.15, 0.2) is 71.5 Å². The monoisotopic (exact) mass is 375 g/mol. The van der Waals surface area contributed by atoms with Crippen molar-refractivity contribution >= 4 is 22.4 Å². The van der Waals surface area contributed by atoms with Crippen molar-refractivity contribution in [3.8, 4) is 11.5 Å². The largest absolute Gasteiger partial charge is 0.493 e. The highest BCUT2D eigenvalue weighted by molar-refractivity contribution is 5.81. The van der Waals surface area contributed by atoms with E-state index < -0.39 is 0 Å². The Morgan fingerprint density at radius 1 is 0.893 bits per heavy atom. The number of benzene rings is 3. The third-order valence-electron chi connectivity index (χ3n) is 4.63. The van der Waals surface area contributed by atoms with E-state index in [4.69, 9.17) is 9.47 Å². The number of para-hydroxylation sites is 1. The normalized spacial score (nSPS) is 10.8. The summed E-state index contributed by atoms with van der Waals surface area (Å²) in [5, 5.41) is 3.34. The number of nitrogens with one attached hydrogen (secondary N) is 2. The minimum absolute atomic E-state index is 0.151. The van der Waals surface area contributed by atoms with Crippen molar-refractivity contribution in [1.29, 1.82) is 0 Å². The number of aromatic nitrogens is 2. The second-order valence-electron chi connectivity index (χ2n) is 6.43. The summed E-state index contributed by atoms with van der Waals surface area (Å²) < 4.78 is 12.3. The SMILES string of the molecule is COc1ccc(Cn2c(=O)[nH]c3cc(Nc4ccccc4)ccc32)cc1OC. The predicted octanol–water partition coefficient (Wildman–Crippen LogP) is 4.14. The summed E-state index contributed by atoms with van der Waals surface area (Å²) in [4.78, 5) is 15.5. The van der Waals surface area contributed by atoms with Gasteiger partial charge in [0.2, 0.25) is 0 Å². The topological polar surface area (TPSA) is 68.3 Å². The summed E-state index contributed by atoms with van der Waals surface area (Å²) in [5.41, 5.74) is 4.34. The van der Waals surface area contributed by atoms with Crippen LogP contribution in [0.3, 0.4) is 0 Å². The van der Waals surface area contributed by atoms with Crippen LogP contribution in [-0.4, -0.2) is 23.8 Å². The molecule has 0 saturated carbocycles. The zero-order valence-corrected chi connectivity index (χ0v) is 15.7. The lowest BCUT2D eigenvalue weighted by Crippen LogP contribution is -2.17. The first kappa shape index (κ1) is 17.7. The molecule has 28 heavy (non-hydrogen) atoms. The quantitative estimate of drug-likeness (QED) is 0.531. The molecule has 4 aromatic rings. The van der Waals surface area contributed by atoms with Gasteiger partial charge in [-0.05, 0) is 48.0 Å². The molecule has 0 spiro atoms. The molecule has 0 unspecified atom stereocenters. The molecule has 0 aliphatic rings. The van der Waals surface area contributed by atoms with E-state index in [9.17, 15) is 4.79 Å². The molecule has 1 heterocycles. The number of fused-ring (bicyclic) bond motifs is 1. The Kier molecular flexibility index (Phi) is 4.76. The minimum atomic E-state index is -0.151. The number of rotatable bonds is 6. The Hall–Kier alpha value is -3.67. The van der Waals surface area contributed by atoms with Crippen LogP contribution in [-0.2, 0) is 6.54 Å². The fourth-order valence-electron chi connectivity index (χ4n) is 3.25. The summed E-state index contributed by atoms with van der Waals surface area (Å²) in [5.74, 6) is 1.30. The molecule has 0 bridgehead atoms. The first-order valence-corrected chi connectivity index (χ1v) is 8.93. The average Bonchev–Trinajstić information content (AvgIpc) is 3.03. The van der Waals surface area contributed by atoms with Gasteiger partial charge in [0.15, 0.2) is 11.5 Å². The van der Waals surface area contributed by atoms with Gasteiger partial charge in [0, 0.05) is 11.4 Å². The summed E-state index contributed by atoms with van der Waals surface area (Å²) in [6.45, 7) is 0.435. The van der Waals surface area contributed by atoms with E-state index >= 15 is 0 Å². The number of hydrogen-bond acceptors (Lipinski definition) is 4. The standard InChI is InChI=1S/C22H21N3O3/c1-27-20-11-8-15(12-21(20)28-2)14-25-19-10-9-17(13-18(19)24-22(25)26)23-16-6-4-3-5-7-16/h3-13,23H,14H2,1-2H3,(H,24,26). The first-order valence-electron chi connectivity index (χ1n) is 8.93. The van der Waals surface area contributed by atoms with Gasteiger partial charge in [-0.25, -0.2) is 4.79 Å². The number of nitrogens with zero attached hydrogens (tertiary/aromatic N) is 1. The van der Waals surface area contributed by atoms with Gasteiger partial charge in [-0.3, -0.25) is 4.57 Å². The fourth-order valence-corrected chi connectivity index (χ4v) is 3.25. The van der Waals surface area contributed by atoms with Gasteiger partial charge >= 0.3 is 5.69 Å². The predicted molar refractivity (Wildman–Crippen MR) is 111 cm³/mol. The second kappa shape index (κ2) is 7.52. The van der Waals surface area contributed by atoms with E-state index in [1.807, 2.05) is 66.7 Å². The minimum Gasteiger partial charge on any atom is -0.493 e. The lowest BCUT2D eigenvalue weighted by Gasteiger charge is -2.10. The van der Waals surface area contributed by atoms with Gasteiger partial charge in [-0.15, -0.1) is 0 Å². The molecule has 6 nitrogen and oxygen atoms in total. The van der Waals surface area contributed by atoms with Gasteiger partial charge in [0.1, 0.15) is 0 Å². The van der Waals surface area contributed by atoms with Gasteiger partial charge in [-0.1, -0.05) is 24.3 Å². The van der Waals surface area contributed by atoms with Crippen molar-refractivity contribution in [1.82, 2.24) is 9.55 Å². The van der Waals surface area contributed by atoms with Crippen LogP contribution < -0.4 is 20.5 Å². The molecule has 6 heteroatoms. The van der Waals surface area contributed by atoms with Gasteiger partial charge in [-0.2, -0.15) is 0 Å². The number of methoxy groups -OCH3 is 2. The lowest BCUT2D eigenvalue weighted by molar-refractivity contribution is 0.354. The molecule has 0 saturated heterocycles. The Bertz CT molecular complexity index is 1160. The van der Waals surface area contributed by atoms with E-state index in [2.05, 4.69) is 10.3 Å². The maximum Gasteiger partial charge on any atom is 0.326 e. The zero-order chi connectivity index (χ0) is 19.5. The van der Waals surface area contributed by atoms with Crippen LogP contribution in [0.4, 0.5) is 11.4 Å². The van der Waals surface area contributed by atoms with Crippen LogP contribution in [0.25, 0.3) is 11.0 Å². The summed E-state index contributed by atoms with van der Waals surface area (Å²) in [6, 6.07) is 21.4. The molecule has 0 atom stereocenters. The van der Waals surface area contributed by atoms with E-state index in [0.29, 0.717) is 18.0 Å². The maximum absolute atomic E-state index is 12.5. The first-order chi connectivity index (χ1) is 13.7. The van der Waals surface area contributed by atoms with E-state index in [0.717, 1.165) is 28.0 Å². The molecule has 3 aromatic carbocycles. The molecule has 0 aliphatic carbocycles. The number of anilines is 2. The highest BCUT2D eigenvalue weighted by Crippen LogP contribution is 2.28. The molecule has 4 rings (SSSR count). The molecule has 0 aliphatic heterocycles. The molecule has 0 fully saturated rings. The Morgan fingerprint density at radius 2 is 1.68 bits per heavy atom. The number of hydrogen-bond donors (Lipinski definition) is 2. The highest BCUT2D eigenvalue weighted by atomic mass is 16.5. The van der Waals surface area contributed by atoms with Gasteiger partial charge in [0.25, 0.3) is 0 Å². The van der Waals surface area contributed by atoms with Crippen molar-refractivity contribution in [3.05, 3.63) is 82.8 Å². The number of imidazole rings is 1. The van der Waals surface area contributed by atoms with Crippen LogP contribution >= 0.6 is 0 Å². The Morgan fingerprint density at radius 3 is 2.43 bits per heavy atom. The van der Waals surface area contributed by atoms with Crippen molar-refractivity contribution in [2.24, 2.45) is 0 Å². The lowest BCUT2D eigenvalue weighted by atomic mass is 10.2. The van der Waals surface area contributed by atoms with Gasteiger partial charge in [0.05, 0.1) is 31.8 Å². The van der Waals surface area contributed by atoms with Crippen LogP contribution in [0.1, 0.15) is 5.56 Å². The van der Waals surface area contributed by atoms with Crippen LogP contribution in [0.5, 0.6) is 11.5 Å². The highest BCUT2D eigenvalue weighted by Gasteiger charge is 2.10. The second-order valence-corrected chi connectivity index (χ2v) is 6.43. The van der Waals surface area contributed by atoms with Crippen molar-refractivity contribution in [3.63, 3.8) is 0 Å². The molecule has 142 valence electrons. The average molecular weight is 375 g/mol. The van der Waals surface area contributed by atoms with E-state index in [-0.39, 0.29) is 5.69 Å². The third kappa shape index (κ3) is 3.44. The third-order valence-corrected chi connectivity index (χ3v) is 4.63. The molecule has 0 radical (unpaired) electrons. The van der Waals surface area contributed by atoms with E-state index in [1.165, 1.54) is 0 Å². The summed E-state index contributed by atoms with van der Waals surface area (Å²) >= 11 is 0. The molecule has 1 aromatic heterocycles. The molecule has 2 N–H and O–H groups in total. The Balaban J connectivity index is 1.65. The number of aromatic amines is 1. The fraction of sp³-hybridized carbons (Fsp3) is 0.136. The van der Waals surface area contributed by atoms with Crippen LogP contribution in [0.2, 0.25) is 0 Å². The van der Waals surface area contributed by atoms with Gasteiger partial charge < -0.3 is 19.8 Å². The van der Waals surface area contributed by atoms with Crippen molar-refractivity contribution in [2.75, 3.05) is 19.5 Å². The zero-order valence-electron chi connectivity index (χ0n) is 15.7. The molecular formula is C22H21N3O3. The van der Waals surface area contributed by atoms with E-state index in [1.54, 1.807) is 18.8 Å². The van der Waals surface area contributed by atoms with Crippen LogP contribution in [0, 0.1) is 0 Å². The van der Waals surface area contributed by atoms with Crippen molar-refractivity contribution in [2.45, 2.75) is 6.54 Å². The summed E-state index contributed by atoms with van der Waals surface area (Å²) in [7, 11) is 3.20. The van der Waals surface area contributed by atoms with Crippen molar-refractivity contribution < 1.29 is 9.47 Å². The maximum atomic E-state index is 12.5.